The Labute approximate surface area is 120 Å². The van der Waals surface area contributed by atoms with E-state index in [0.29, 0.717) is 0 Å². The Balaban J connectivity index is 1.93. The Kier molecular flexibility index (Phi) is 5.01. The maximum absolute atomic E-state index is 12.1. The summed E-state index contributed by atoms with van der Waals surface area (Å²) in [6.45, 7) is 6.92. The van der Waals surface area contributed by atoms with Gasteiger partial charge in [-0.2, -0.15) is 0 Å². The van der Waals surface area contributed by atoms with Gasteiger partial charge in [-0.15, -0.1) is 0 Å². The quantitative estimate of drug-likeness (QED) is 0.885. The molecule has 0 aliphatic carbocycles. The van der Waals surface area contributed by atoms with Gasteiger partial charge in [0.1, 0.15) is 0 Å². The molecule has 2 atom stereocenters. The van der Waals surface area contributed by atoms with Gasteiger partial charge in [0.2, 0.25) is 0 Å². The minimum absolute atomic E-state index is 0.0863. The fourth-order valence-corrected chi connectivity index (χ4v) is 2.66. The summed E-state index contributed by atoms with van der Waals surface area (Å²) in [5.41, 5.74) is 3.12. The minimum Gasteiger partial charge on any atom is -0.376 e. The van der Waals surface area contributed by atoms with Crippen LogP contribution in [-0.4, -0.2) is 24.8 Å². The fraction of sp³-hybridized carbons (Fsp3) is 0.562. The highest BCUT2D eigenvalue weighted by atomic mass is 16.5. The van der Waals surface area contributed by atoms with Gasteiger partial charge in [-0.1, -0.05) is 24.6 Å². The van der Waals surface area contributed by atoms with E-state index in [0.717, 1.165) is 37.1 Å². The van der Waals surface area contributed by atoms with Gasteiger partial charge in [-0.3, -0.25) is 0 Å². The monoisotopic (exact) mass is 276 g/mol. The molecule has 2 N–H and O–H groups in total. The third-order valence-corrected chi connectivity index (χ3v) is 3.80. The lowest BCUT2D eigenvalue weighted by molar-refractivity contribution is 0.0804. The third kappa shape index (κ3) is 3.73. The minimum atomic E-state index is -0.153. The third-order valence-electron chi connectivity index (χ3n) is 3.80. The summed E-state index contributed by atoms with van der Waals surface area (Å²) in [6, 6.07) is 5.94. The van der Waals surface area contributed by atoms with Crippen LogP contribution < -0.4 is 10.6 Å². The van der Waals surface area contributed by atoms with E-state index in [2.05, 4.69) is 23.6 Å². The lowest BCUT2D eigenvalue weighted by atomic mass is 10.1. The smallest absolute Gasteiger partial charge is 0.319 e. The molecule has 0 saturated carbocycles. The number of hydrogen-bond donors (Lipinski definition) is 2. The molecule has 2 rings (SSSR count). The zero-order chi connectivity index (χ0) is 14.5. The van der Waals surface area contributed by atoms with Crippen LogP contribution in [0, 0.1) is 13.8 Å². The van der Waals surface area contributed by atoms with Crippen LogP contribution in [0.5, 0.6) is 0 Å². The number of nitrogens with one attached hydrogen (secondary N) is 2. The van der Waals surface area contributed by atoms with Crippen LogP contribution in [0.1, 0.15) is 37.3 Å². The molecule has 4 heteroatoms. The molecule has 0 unspecified atom stereocenters. The number of carbonyl (C=O) groups is 1. The van der Waals surface area contributed by atoms with Crippen molar-refractivity contribution in [3.05, 3.63) is 29.3 Å². The molecular formula is C16H24N2O2. The molecular weight excluding hydrogens is 252 g/mol. The lowest BCUT2D eigenvalue weighted by Crippen LogP contribution is -2.44. The van der Waals surface area contributed by atoms with E-state index in [1.54, 1.807) is 0 Å². The first-order chi connectivity index (χ1) is 9.60. The van der Waals surface area contributed by atoms with Crippen LogP contribution in [0.4, 0.5) is 10.5 Å². The number of urea groups is 1. The van der Waals surface area contributed by atoms with Gasteiger partial charge >= 0.3 is 6.03 Å². The van der Waals surface area contributed by atoms with Crippen molar-refractivity contribution >= 4 is 11.7 Å². The Morgan fingerprint density at radius 2 is 2.25 bits per heavy atom. The van der Waals surface area contributed by atoms with Gasteiger partial charge < -0.3 is 15.4 Å². The summed E-state index contributed by atoms with van der Waals surface area (Å²) in [4.78, 5) is 12.1. The second-order valence-corrected chi connectivity index (χ2v) is 5.48. The predicted molar refractivity (Wildman–Crippen MR) is 81.1 cm³/mol. The Morgan fingerprint density at radius 3 is 2.85 bits per heavy atom. The number of carbonyl (C=O) groups excluding carboxylic acids is 1. The van der Waals surface area contributed by atoms with E-state index in [1.807, 2.05) is 26.0 Å². The summed E-state index contributed by atoms with van der Waals surface area (Å²) in [5, 5.41) is 5.94. The Bertz CT molecular complexity index is 468. The number of rotatable bonds is 4. The first-order valence-corrected chi connectivity index (χ1v) is 7.36. The molecule has 1 fully saturated rings. The zero-order valence-electron chi connectivity index (χ0n) is 12.5. The second kappa shape index (κ2) is 6.75. The summed E-state index contributed by atoms with van der Waals surface area (Å²) < 4.78 is 5.65. The molecule has 0 spiro atoms. The zero-order valence-corrected chi connectivity index (χ0v) is 12.5. The van der Waals surface area contributed by atoms with Crippen molar-refractivity contribution in [1.29, 1.82) is 0 Å². The van der Waals surface area contributed by atoms with Crippen molar-refractivity contribution in [2.75, 3.05) is 11.9 Å². The molecule has 1 aliphatic rings. The van der Waals surface area contributed by atoms with Crippen molar-refractivity contribution in [3.8, 4) is 0 Å². The van der Waals surface area contributed by atoms with Crippen molar-refractivity contribution < 1.29 is 9.53 Å². The molecule has 1 saturated heterocycles. The van der Waals surface area contributed by atoms with Crippen molar-refractivity contribution in [2.24, 2.45) is 0 Å². The number of aryl methyl sites for hydroxylation is 2. The Hall–Kier alpha value is -1.55. The van der Waals surface area contributed by atoms with E-state index in [4.69, 9.17) is 4.74 Å². The summed E-state index contributed by atoms with van der Waals surface area (Å²) in [5.74, 6) is 0. The molecule has 2 amide bonds. The maximum atomic E-state index is 12.1. The summed E-state index contributed by atoms with van der Waals surface area (Å²) in [6.07, 6.45) is 3.15. The molecule has 20 heavy (non-hydrogen) atoms. The highest BCUT2D eigenvalue weighted by molar-refractivity contribution is 5.90. The molecule has 0 radical (unpaired) electrons. The van der Waals surface area contributed by atoms with Gasteiger partial charge in [0.15, 0.2) is 0 Å². The number of benzene rings is 1. The van der Waals surface area contributed by atoms with Crippen LogP contribution >= 0.6 is 0 Å². The molecule has 1 aromatic carbocycles. The lowest BCUT2D eigenvalue weighted by Gasteiger charge is -2.23. The van der Waals surface area contributed by atoms with Crippen LogP contribution in [0.2, 0.25) is 0 Å². The van der Waals surface area contributed by atoms with Gasteiger partial charge in [0, 0.05) is 12.3 Å². The topological polar surface area (TPSA) is 50.4 Å². The molecule has 4 nitrogen and oxygen atoms in total. The summed E-state index contributed by atoms with van der Waals surface area (Å²) >= 11 is 0. The van der Waals surface area contributed by atoms with Crippen LogP contribution in [0.3, 0.4) is 0 Å². The average Bonchev–Trinajstić information content (AvgIpc) is 2.93. The molecule has 1 aliphatic heterocycles. The van der Waals surface area contributed by atoms with Gasteiger partial charge in [-0.25, -0.2) is 4.79 Å². The molecule has 1 heterocycles. The van der Waals surface area contributed by atoms with Crippen LogP contribution in [-0.2, 0) is 4.74 Å². The Morgan fingerprint density at radius 1 is 1.45 bits per heavy atom. The molecule has 1 aromatic rings. The molecule has 110 valence electrons. The maximum Gasteiger partial charge on any atom is 0.319 e. The van der Waals surface area contributed by atoms with E-state index >= 15 is 0 Å². The highest BCUT2D eigenvalue weighted by Crippen LogP contribution is 2.19. The van der Waals surface area contributed by atoms with E-state index in [-0.39, 0.29) is 18.2 Å². The van der Waals surface area contributed by atoms with Gasteiger partial charge in [0.25, 0.3) is 0 Å². The number of anilines is 1. The van der Waals surface area contributed by atoms with Crippen LogP contribution in [0.15, 0.2) is 18.2 Å². The second-order valence-electron chi connectivity index (χ2n) is 5.48. The van der Waals surface area contributed by atoms with Gasteiger partial charge in [0.05, 0.1) is 12.1 Å². The molecule has 0 bridgehead atoms. The average molecular weight is 276 g/mol. The number of hydrogen-bond acceptors (Lipinski definition) is 2. The highest BCUT2D eigenvalue weighted by Gasteiger charge is 2.25. The predicted octanol–water partition coefficient (Wildman–Crippen LogP) is 3.38. The SMILES string of the molecule is CC[C@H](NC(=O)Nc1ccc(C)cc1C)[C@H]1CCCO1. The first-order valence-electron chi connectivity index (χ1n) is 7.36. The van der Waals surface area contributed by atoms with Gasteiger partial charge in [-0.05, 0) is 44.7 Å². The summed E-state index contributed by atoms with van der Waals surface area (Å²) in [7, 11) is 0. The first kappa shape index (κ1) is 14.9. The van der Waals surface area contributed by atoms with Crippen molar-refractivity contribution in [1.82, 2.24) is 5.32 Å². The van der Waals surface area contributed by atoms with E-state index < -0.39 is 0 Å². The number of ether oxygens (including phenoxy) is 1. The van der Waals surface area contributed by atoms with E-state index in [9.17, 15) is 4.79 Å². The van der Waals surface area contributed by atoms with Crippen molar-refractivity contribution in [3.63, 3.8) is 0 Å². The normalized spacial score (nSPS) is 19.6. The number of amides is 2. The standard InChI is InChI=1S/C16H24N2O2/c1-4-13(15-6-5-9-20-15)17-16(19)18-14-8-7-11(2)10-12(14)3/h7-8,10,13,15H,4-6,9H2,1-3H3,(H2,17,18,19)/t13-,15+/m0/s1. The van der Waals surface area contributed by atoms with Crippen molar-refractivity contribution in [2.45, 2.75) is 52.2 Å². The molecule has 0 aromatic heterocycles. The fourth-order valence-electron chi connectivity index (χ4n) is 2.66. The largest absolute Gasteiger partial charge is 0.376 e. The van der Waals surface area contributed by atoms with E-state index in [1.165, 1.54) is 5.56 Å². The van der Waals surface area contributed by atoms with Crippen LogP contribution in [0.25, 0.3) is 0 Å².